The Kier molecular flexibility index (Phi) is 1.18. The molecule has 0 aromatic carbocycles. The lowest BCUT2D eigenvalue weighted by Gasteiger charge is -2.38. The number of ether oxygens (including phenoxy) is 1. The number of nitrogens with one attached hydrogen (secondary N) is 2. The highest BCUT2D eigenvalue weighted by Crippen LogP contribution is 2.35. The molecule has 0 amide bonds. The van der Waals surface area contributed by atoms with E-state index in [1.54, 1.807) is 6.20 Å². The lowest BCUT2D eigenvalue weighted by Crippen LogP contribution is -2.62. The fraction of sp³-hybridized carbons (Fsp3) is 0.444. The van der Waals surface area contributed by atoms with Gasteiger partial charge in [0.15, 0.2) is 0 Å². The molecule has 3 heterocycles. The zero-order valence-corrected chi connectivity index (χ0v) is 7.09. The van der Waals surface area contributed by atoms with E-state index in [9.17, 15) is 4.79 Å². The van der Waals surface area contributed by atoms with Crippen LogP contribution in [0.25, 0.3) is 0 Å². The van der Waals surface area contributed by atoms with Gasteiger partial charge >= 0.3 is 0 Å². The van der Waals surface area contributed by atoms with E-state index >= 15 is 0 Å². The number of fused-ring (bicyclic) bond motifs is 1. The molecule has 3 rings (SSSR count). The van der Waals surface area contributed by atoms with Crippen molar-refractivity contribution in [1.82, 2.24) is 10.3 Å². The Hall–Kier alpha value is -1.29. The molecule has 0 aliphatic carbocycles. The van der Waals surface area contributed by atoms with Gasteiger partial charge in [0.2, 0.25) is 0 Å². The number of hydrogen-bond acceptors (Lipinski definition) is 3. The third kappa shape index (κ3) is 0.920. The van der Waals surface area contributed by atoms with Crippen LogP contribution in [-0.4, -0.2) is 23.7 Å². The van der Waals surface area contributed by atoms with Crippen LogP contribution in [0.2, 0.25) is 0 Å². The highest BCUT2D eigenvalue weighted by Gasteiger charge is 2.44. The molecule has 68 valence electrons. The van der Waals surface area contributed by atoms with Gasteiger partial charge in [-0.25, -0.2) is 0 Å². The standard InChI is InChI=1S/C9H10N2O2/c12-8-1-7-6(3-11-8)2-9(13-7)4-10-5-9/h1,3,10H,2,4-5H2,(H,11,12). The molecule has 4 nitrogen and oxygen atoms in total. The number of aromatic amines is 1. The van der Waals surface area contributed by atoms with E-state index in [4.69, 9.17) is 4.74 Å². The van der Waals surface area contributed by atoms with Crippen LogP contribution < -0.4 is 15.6 Å². The lowest BCUT2D eigenvalue weighted by atomic mass is 9.92. The van der Waals surface area contributed by atoms with Gasteiger partial charge in [-0.05, 0) is 0 Å². The smallest absolute Gasteiger partial charge is 0.251 e. The van der Waals surface area contributed by atoms with Crippen molar-refractivity contribution in [2.24, 2.45) is 0 Å². The molecular formula is C9H10N2O2. The van der Waals surface area contributed by atoms with Gasteiger partial charge in [0.1, 0.15) is 11.4 Å². The zero-order chi connectivity index (χ0) is 8.89. The third-order valence-corrected chi connectivity index (χ3v) is 2.70. The van der Waals surface area contributed by atoms with E-state index in [0.29, 0.717) is 0 Å². The second-order valence-electron chi connectivity index (χ2n) is 3.75. The quantitative estimate of drug-likeness (QED) is 0.571. The minimum atomic E-state index is -0.0944. The van der Waals surface area contributed by atoms with E-state index in [2.05, 4.69) is 10.3 Å². The fourth-order valence-electron chi connectivity index (χ4n) is 1.93. The molecule has 0 atom stereocenters. The molecule has 1 aromatic heterocycles. The Balaban J connectivity index is 2.04. The number of pyridine rings is 1. The molecule has 13 heavy (non-hydrogen) atoms. The largest absolute Gasteiger partial charge is 0.484 e. The van der Waals surface area contributed by atoms with Crippen LogP contribution in [0.15, 0.2) is 17.1 Å². The minimum absolute atomic E-state index is 0.0516. The monoisotopic (exact) mass is 178 g/mol. The van der Waals surface area contributed by atoms with Crippen molar-refractivity contribution < 1.29 is 4.74 Å². The average molecular weight is 178 g/mol. The Labute approximate surface area is 74.9 Å². The van der Waals surface area contributed by atoms with Crippen LogP contribution in [0.5, 0.6) is 5.75 Å². The Morgan fingerprint density at radius 1 is 1.46 bits per heavy atom. The van der Waals surface area contributed by atoms with E-state index in [-0.39, 0.29) is 11.2 Å². The Bertz CT molecular complexity index is 406. The van der Waals surface area contributed by atoms with Crippen LogP contribution in [0.4, 0.5) is 0 Å². The van der Waals surface area contributed by atoms with Crippen molar-refractivity contribution in [3.63, 3.8) is 0 Å². The summed E-state index contributed by atoms with van der Waals surface area (Å²) in [4.78, 5) is 13.7. The molecule has 1 saturated heterocycles. The molecule has 1 fully saturated rings. The van der Waals surface area contributed by atoms with Crippen LogP contribution in [0.3, 0.4) is 0 Å². The second-order valence-corrected chi connectivity index (χ2v) is 3.75. The van der Waals surface area contributed by atoms with Crippen LogP contribution >= 0.6 is 0 Å². The first kappa shape index (κ1) is 7.15. The van der Waals surface area contributed by atoms with E-state index < -0.39 is 0 Å². The van der Waals surface area contributed by atoms with Crippen molar-refractivity contribution in [2.75, 3.05) is 13.1 Å². The van der Waals surface area contributed by atoms with Crippen LogP contribution in [0, 0.1) is 0 Å². The minimum Gasteiger partial charge on any atom is -0.484 e. The van der Waals surface area contributed by atoms with Crippen LogP contribution in [-0.2, 0) is 6.42 Å². The van der Waals surface area contributed by atoms with E-state index in [1.165, 1.54) is 6.07 Å². The molecule has 1 aromatic rings. The van der Waals surface area contributed by atoms with Crippen molar-refractivity contribution in [3.8, 4) is 5.75 Å². The van der Waals surface area contributed by atoms with E-state index in [0.717, 1.165) is 30.8 Å². The first-order valence-corrected chi connectivity index (χ1v) is 4.39. The summed E-state index contributed by atoms with van der Waals surface area (Å²) in [5, 5.41) is 3.18. The van der Waals surface area contributed by atoms with Gasteiger partial charge in [-0.15, -0.1) is 0 Å². The highest BCUT2D eigenvalue weighted by molar-refractivity contribution is 5.38. The summed E-state index contributed by atoms with van der Waals surface area (Å²) in [6, 6.07) is 1.53. The van der Waals surface area contributed by atoms with Gasteiger partial charge in [-0.1, -0.05) is 0 Å². The molecule has 2 aliphatic rings. The number of rotatable bonds is 0. The Morgan fingerprint density at radius 3 is 3.00 bits per heavy atom. The molecule has 2 N–H and O–H groups in total. The van der Waals surface area contributed by atoms with Crippen molar-refractivity contribution in [3.05, 3.63) is 28.2 Å². The Morgan fingerprint density at radius 2 is 2.31 bits per heavy atom. The fourth-order valence-corrected chi connectivity index (χ4v) is 1.93. The maximum absolute atomic E-state index is 11.0. The van der Waals surface area contributed by atoms with Crippen LogP contribution in [0.1, 0.15) is 5.56 Å². The summed E-state index contributed by atoms with van der Waals surface area (Å²) in [7, 11) is 0. The first-order valence-electron chi connectivity index (χ1n) is 4.39. The van der Waals surface area contributed by atoms with Gasteiger partial charge in [0.25, 0.3) is 5.56 Å². The van der Waals surface area contributed by atoms with Gasteiger partial charge in [0.05, 0.1) is 0 Å². The van der Waals surface area contributed by atoms with Gasteiger partial charge in [-0.2, -0.15) is 0 Å². The summed E-state index contributed by atoms with van der Waals surface area (Å²) in [5.74, 6) is 0.755. The average Bonchev–Trinajstić information content (AvgIpc) is 2.41. The summed E-state index contributed by atoms with van der Waals surface area (Å²) >= 11 is 0. The predicted molar refractivity (Wildman–Crippen MR) is 47.0 cm³/mol. The third-order valence-electron chi connectivity index (χ3n) is 2.70. The molecule has 0 saturated carbocycles. The molecule has 2 aliphatic heterocycles. The van der Waals surface area contributed by atoms with Crippen molar-refractivity contribution in [1.29, 1.82) is 0 Å². The molecular weight excluding hydrogens is 168 g/mol. The molecule has 0 radical (unpaired) electrons. The van der Waals surface area contributed by atoms with Gasteiger partial charge in [0, 0.05) is 37.3 Å². The summed E-state index contributed by atoms with van der Waals surface area (Å²) in [6.45, 7) is 1.77. The SMILES string of the molecule is O=c1cc2c(c[nH]1)CC1(CNC1)O2. The van der Waals surface area contributed by atoms with Gasteiger partial charge < -0.3 is 15.0 Å². The first-order chi connectivity index (χ1) is 6.27. The molecule has 0 bridgehead atoms. The summed E-state index contributed by atoms with van der Waals surface area (Å²) < 4.78 is 5.73. The van der Waals surface area contributed by atoms with Gasteiger partial charge in [-0.3, -0.25) is 4.79 Å². The highest BCUT2D eigenvalue weighted by atomic mass is 16.5. The maximum atomic E-state index is 11.0. The predicted octanol–water partition coefficient (Wildman–Crippen LogP) is -0.348. The second kappa shape index (κ2) is 2.14. The summed E-state index contributed by atoms with van der Waals surface area (Å²) in [6.07, 6.45) is 2.66. The molecule has 1 spiro atoms. The van der Waals surface area contributed by atoms with Crippen molar-refractivity contribution >= 4 is 0 Å². The van der Waals surface area contributed by atoms with Crippen molar-refractivity contribution in [2.45, 2.75) is 12.0 Å². The normalized spacial score (nSPS) is 22.2. The maximum Gasteiger partial charge on any atom is 0.251 e. The molecule has 4 heteroatoms. The van der Waals surface area contributed by atoms with E-state index in [1.807, 2.05) is 0 Å². The number of hydrogen-bond donors (Lipinski definition) is 2. The zero-order valence-electron chi connectivity index (χ0n) is 7.09. The lowest BCUT2D eigenvalue weighted by molar-refractivity contribution is 0.0386. The number of H-pyrrole nitrogens is 1. The topological polar surface area (TPSA) is 54.1 Å². The number of aromatic nitrogens is 1. The molecule has 0 unspecified atom stereocenters. The summed E-state index contributed by atoms with van der Waals surface area (Å²) in [5.41, 5.74) is 0.966.